The fourth-order valence-corrected chi connectivity index (χ4v) is 2.92. The van der Waals surface area contributed by atoms with E-state index in [0.717, 1.165) is 6.42 Å². The smallest absolute Gasteiger partial charge is 0.150 e. The molecule has 0 spiro atoms. The molecule has 0 bridgehead atoms. The van der Waals surface area contributed by atoms with Crippen LogP contribution in [-0.4, -0.2) is 25.8 Å². The molecule has 1 unspecified atom stereocenters. The molecular weight excluding hydrogens is 256 g/mol. The van der Waals surface area contributed by atoms with E-state index >= 15 is 0 Å². The topological polar surface area (TPSA) is 34.1 Å². The third-order valence-electron chi connectivity index (χ3n) is 2.86. The summed E-state index contributed by atoms with van der Waals surface area (Å²) >= 11 is 5.89. The van der Waals surface area contributed by atoms with Gasteiger partial charge in [0.05, 0.1) is 5.75 Å². The van der Waals surface area contributed by atoms with Crippen molar-refractivity contribution in [3.8, 4) is 0 Å². The molecule has 4 heteroatoms. The van der Waals surface area contributed by atoms with Gasteiger partial charge in [0, 0.05) is 11.6 Å². The molecule has 1 aromatic rings. The second kappa shape index (κ2) is 7.02. The van der Waals surface area contributed by atoms with Gasteiger partial charge in [-0.3, -0.25) is 0 Å². The van der Waals surface area contributed by atoms with Crippen LogP contribution < -0.4 is 0 Å². The minimum Gasteiger partial charge on any atom is -0.229 e. The fourth-order valence-electron chi connectivity index (χ4n) is 1.67. The minimum absolute atomic E-state index is 0.216. The van der Waals surface area contributed by atoms with E-state index in [9.17, 15) is 8.42 Å². The van der Waals surface area contributed by atoms with E-state index in [1.165, 1.54) is 5.56 Å². The number of hydrogen-bond donors (Lipinski definition) is 0. The first-order valence-corrected chi connectivity index (χ1v) is 8.23. The van der Waals surface area contributed by atoms with Crippen LogP contribution in [0.25, 0.3) is 0 Å². The Labute approximate surface area is 109 Å². The molecule has 1 aromatic carbocycles. The Morgan fingerprint density at radius 3 is 2.41 bits per heavy atom. The van der Waals surface area contributed by atoms with Gasteiger partial charge in [-0.2, -0.15) is 0 Å². The minimum atomic E-state index is -2.88. The summed E-state index contributed by atoms with van der Waals surface area (Å²) in [5, 5.41) is 0. The largest absolute Gasteiger partial charge is 0.229 e. The number of hydrogen-bond acceptors (Lipinski definition) is 2. The van der Waals surface area contributed by atoms with Gasteiger partial charge in [0.2, 0.25) is 0 Å². The first kappa shape index (κ1) is 14.5. The number of rotatable bonds is 7. The maximum atomic E-state index is 11.4. The van der Waals surface area contributed by atoms with Gasteiger partial charge >= 0.3 is 0 Å². The van der Waals surface area contributed by atoms with E-state index in [-0.39, 0.29) is 17.4 Å². The molecule has 0 fully saturated rings. The number of alkyl halides is 1. The second-order valence-corrected chi connectivity index (χ2v) is 7.02. The quantitative estimate of drug-likeness (QED) is 0.717. The monoisotopic (exact) mass is 274 g/mol. The lowest BCUT2D eigenvalue weighted by molar-refractivity contribution is 0.548. The zero-order valence-corrected chi connectivity index (χ0v) is 11.7. The van der Waals surface area contributed by atoms with Gasteiger partial charge in [0.15, 0.2) is 0 Å². The van der Waals surface area contributed by atoms with Crippen LogP contribution >= 0.6 is 11.6 Å². The summed E-state index contributed by atoms with van der Waals surface area (Å²) < 4.78 is 22.9. The third kappa shape index (κ3) is 5.55. The van der Waals surface area contributed by atoms with Crippen molar-refractivity contribution >= 4 is 21.4 Å². The van der Waals surface area contributed by atoms with E-state index in [1.807, 2.05) is 30.3 Å². The van der Waals surface area contributed by atoms with Gasteiger partial charge in [-0.25, -0.2) is 8.42 Å². The van der Waals surface area contributed by atoms with Gasteiger partial charge in [0.1, 0.15) is 9.84 Å². The molecule has 0 radical (unpaired) electrons. The summed E-state index contributed by atoms with van der Waals surface area (Å²) in [7, 11) is -2.88. The first-order chi connectivity index (χ1) is 8.07. The molecule has 1 rings (SSSR count). The SMILES string of the molecule is CCS(=O)(=O)CCC(CCl)Cc1ccccc1. The highest BCUT2D eigenvalue weighted by molar-refractivity contribution is 7.91. The van der Waals surface area contributed by atoms with Crippen LogP contribution in [0.15, 0.2) is 30.3 Å². The van der Waals surface area contributed by atoms with Gasteiger partial charge in [-0.05, 0) is 24.3 Å². The second-order valence-electron chi connectivity index (χ2n) is 4.24. The summed E-state index contributed by atoms with van der Waals surface area (Å²) in [5.74, 6) is 1.20. The Morgan fingerprint density at radius 2 is 1.88 bits per heavy atom. The summed E-state index contributed by atoms with van der Waals surface area (Å²) in [4.78, 5) is 0. The van der Waals surface area contributed by atoms with Crippen molar-refractivity contribution in [2.75, 3.05) is 17.4 Å². The van der Waals surface area contributed by atoms with E-state index in [1.54, 1.807) is 6.92 Å². The number of halogens is 1. The molecule has 0 saturated heterocycles. The molecular formula is C13H19ClO2S. The van der Waals surface area contributed by atoms with Crippen LogP contribution in [0.2, 0.25) is 0 Å². The Bertz CT molecular complexity index is 414. The molecule has 1 atom stereocenters. The lowest BCUT2D eigenvalue weighted by atomic mass is 9.99. The molecule has 0 amide bonds. The molecule has 0 aliphatic rings. The number of benzene rings is 1. The fraction of sp³-hybridized carbons (Fsp3) is 0.538. The standard InChI is InChI=1S/C13H19ClO2S/c1-2-17(15,16)9-8-13(11-14)10-12-6-4-3-5-7-12/h3-7,13H,2,8-11H2,1H3. The van der Waals surface area contributed by atoms with Gasteiger partial charge in [0.25, 0.3) is 0 Å². The van der Waals surface area contributed by atoms with E-state index < -0.39 is 9.84 Å². The summed E-state index contributed by atoms with van der Waals surface area (Å²) in [6, 6.07) is 10.1. The lowest BCUT2D eigenvalue weighted by Gasteiger charge is -2.13. The van der Waals surface area contributed by atoms with Crippen molar-refractivity contribution in [3.05, 3.63) is 35.9 Å². The van der Waals surface area contributed by atoms with Crippen molar-refractivity contribution in [2.24, 2.45) is 5.92 Å². The zero-order chi connectivity index (χ0) is 12.7. The third-order valence-corrected chi connectivity index (χ3v) is 5.04. The van der Waals surface area contributed by atoms with Gasteiger partial charge < -0.3 is 0 Å². The van der Waals surface area contributed by atoms with Crippen molar-refractivity contribution < 1.29 is 8.42 Å². The lowest BCUT2D eigenvalue weighted by Crippen LogP contribution is -2.15. The Balaban J connectivity index is 2.50. The van der Waals surface area contributed by atoms with E-state index in [2.05, 4.69) is 0 Å². The molecule has 0 saturated carbocycles. The molecule has 96 valence electrons. The van der Waals surface area contributed by atoms with Crippen molar-refractivity contribution in [1.29, 1.82) is 0 Å². The summed E-state index contributed by atoms with van der Waals surface area (Å²) in [6.45, 7) is 1.68. The van der Waals surface area contributed by atoms with Crippen LogP contribution in [0.3, 0.4) is 0 Å². The first-order valence-electron chi connectivity index (χ1n) is 5.87. The van der Waals surface area contributed by atoms with Crippen molar-refractivity contribution in [1.82, 2.24) is 0 Å². The molecule has 0 aliphatic carbocycles. The van der Waals surface area contributed by atoms with Crippen molar-refractivity contribution in [3.63, 3.8) is 0 Å². The maximum Gasteiger partial charge on any atom is 0.150 e. The molecule has 0 heterocycles. The maximum absolute atomic E-state index is 11.4. The van der Waals surface area contributed by atoms with Crippen LogP contribution in [0, 0.1) is 5.92 Å². The average molecular weight is 275 g/mol. The predicted molar refractivity (Wildman–Crippen MR) is 73.3 cm³/mol. The Kier molecular flexibility index (Phi) is 6.00. The molecule has 0 aromatic heterocycles. The molecule has 2 nitrogen and oxygen atoms in total. The molecule has 0 aliphatic heterocycles. The highest BCUT2D eigenvalue weighted by Crippen LogP contribution is 2.15. The van der Waals surface area contributed by atoms with Crippen LogP contribution in [-0.2, 0) is 16.3 Å². The summed E-state index contributed by atoms with van der Waals surface area (Å²) in [6.07, 6.45) is 1.50. The van der Waals surface area contributed by atoms with Gasteiger partial charge in [-0.15, -0.1) is 11.6 Å². The van der Waals surface area contributed by atoms with Crippen LogP contribution in [0.5, 0.6) is 0 Å². The van der Waals surface area contributed by atoms with E-state index in [0.29, 0.717) is 12.3 Å². The zero-order valence-electron chi connectivity index (χ0n) is 10.1. The van der Waals surface area contributed by atoms with Gasteiger partial charge in [-0.1, -0.05) is 37.3 Å². The normalized spacial score (nSPS) is 13.5. The highest BCUT2D eigenvalue weighted by Gasteiger charge is 2.14. The Hall–Kier alpha value is -0.540. The van der Waals surface area contributed by atoms with Crippen LogP contribution in [0.4, 0.5) is 0 Å². The predicted octanol–water partition coefficient (Wildman–Crippen LogP) is 2.91. The Morgan fingerprint density at radius 1 is 1.24 bits per heavy atom. The van der Waals surface area contributed by atoms with Crippen molar-refractivity contribution in [2.45, 2.75) is 19.8 Å². The number of sulfone groups is 1. The summed E-state index contributed by atoms with van der Waals surface area (Å²) in [5.41, 5.74) is 1.21. The highest BCUT2D eigenvalue weighted by atomic mass is 35.5. The molecule has 0 N–H and O–H groups in total. The van der Waals surface area contributed by atoms with E-state index in [4.69, 9.17) is 11.6 Å². The van der Waals surface area contributed by atoms with Crippen LogP contribution in [0.1, 0.15) is 18.9 Å². The molecule has 17 heavy (non-hydrogen) atoms. The average Bonchev–Trinajstić information content (AvgIpc) is 2.35.